The Morgan fingerprint density at radius 3 is 2.51 bits per heavy atom. The van der Waals surface area contributed by atoms with E-state index in [1.165, 1.54) is 0 Å². The molecule has 2 aromatic carbocycles. The number of β-amino-alcohol motifs (C(OH)–C–C–N with tert-alkyl or cyclic N) is 1. The van der Waals surface area contributed by atoms with Gasteiger partial charge in [0.2, 0.25) is 11.8 Å². The van der Waals surface area contributed by atoms with Gasteiger partial charge in [-0.3, -0.25) is 19.7 Å². The van der Waals surface area contributed by atoms with Crippen LogP contribution in [0, 0.1) is 0 Å². The molecule has 5 N–H and O–H groups in total. The zero-order chi connectivity index (χ0) is 26.2. The molecule has 2 heterocycles. The minimum atomic E-state index is -0.654. The molecule has 0 bridgehead atoms. The fourth-order valence-electron chi connectivity index (χ4n) is 4.75. The highest BCUT2D eigenvalue weighted by molar-refractivity contribution is 5.91. The van der Waals surface area contributed by atoms with Gasteiger partial charge in [-0.25, -0.2) is 5.48 Å². The largest absolute Gasteiger partial charge is 0.392 e. The van der Waals surface area contributed by atoms with Crippen molar-refractivity contribution in [1.82, 2.24) is 10.4 Å². The summed E-state index contributed by atoms with van der Waals surface area (Å²) in [5.41, 5.74) is 4.74. The summed E-state index contributed by atoms with van der Waals surface area (Å²) in [5, 5.41) is 30.7. The number of nitrogens with one attached hydrogen (secondary N) is 2. The molecular formula is C27H35N3O7. The van der Waals surface area contributed by atoms with Crippen LogP contribution in [-0.2, 0) is 25.7 Å². The highest BCUT2D eigenvalue weighted by Crippen LogP contribution is 2.39. The molecule has 10 heteroatoms. The van der Waals surface area contributed by atoms with Crippen LogP contribution in [0.5, 0.6) is 0 Å². The molecule has 0 spiro atoms. The van der Waals surface area contributed by atoms with Gasteiger partial charge < -0.3 is 25.0 Å². The molecule has 2 aliphatic heterocycles. The van der Waals surface area contributed by atoms with E-state index in [-0.39, 0.29) is 43.7 Å². The van der Waals surface area contributed by atoms with Gasteiger partial charge in [0.1, 0.15) is 0 Å². The third-order valence-electron chi connectivity index (χ3n) is 6.70. The number of likely N-dealkylation sites (tertiary alicyclic amines) is 1. The van der Waals surface area contributed by atoms with Gasteiger partial charge in [0.15, 0.2) is 6.29 Å². The predicted octanol–water partition coefficient (Wildman–Crippen LogP) is 2.41. The van der Waals surface area contributed by atoms with Crippen LogP contribution in [0.25, 0.3) is 0 Å². The minimum Gasteiger partial charge on any atom is -0.392 e. The van der Waals surface area contributed by atoms with Gasteiger partial charge in [0.25, 0.3) is 0 Å². The SMILES string of the molecule is O=C(CCCC(=O)Nc1cccc([C@@H]2O[C@H](CN3CC[C@H](O)C3)C[C@H](c3ccc(CO)cc3)O2)c1)NO. The van der Waals surface area contributed by atoms with Gasteiger partial charge in [-0.15, -0.1) is 0 Å². The highest BCUT2D eigenvalue weighted by atomic mass is 16.7. The van der Waals surface area contributed by atoms with Crippen LogP contribution >= 0.6 is 0 Å². The Balaban J connectivity index is 1.45. The molecule has 2 aromatic rings. The van der Waals surface area contributed by atoms with Crippen LogP contribution in [0.2, 0.25) is 0 Å². The maximum Gasteiger partial charge on any atom is 0.243 e. The lowest BCUT2D eigenvalue weighted by molar-refractivity contribution is -0.252. The van der Waals surface area contributed by atoms with Crippen molar-refractivity contribution in [2.45, 2.75) is 63.3 Å². The van der Waals surface area contributed by atoms with Crippen molar-refractivity contribution in [3.05, 3.63) is 65.2 Å². The molecule has 0 aromatic heterocycles. The fraction of sp³-hybridized carbons (Fsp3) is 0.481. The van der Waals surface area contributed by atoms with E-state index in [4.69, 9.17) is 14.7 Å². The Labute approximate surface area is 216 Å². The van der Waals surface area contributed by atoms with Gasteiger partial charge in [-0.1, -0.05) is 36.4 Å². The second kappa shape index (κ2) is 13.1. The molecule has 4 rings (SSSR count). The number of rotatable bonds is 10. The van der Waals surface area contributed by atoms with Gasteiger partial charge in [-0.2, -0.15) is 0 Å². The number of carbonyl (C=O) groups is 2. The summed E-state index contributed by atoms with van der Waals surface area (Å²) >= 11 is 0. The van der Waals surface area contributed by atoms with Crippen molar-refractivity contribution in [2.24, 2.45) is 0 Å². The first-order valence-corrected chi connectivity index (χ1v) is 12.7. The number of amides is 2. The molecule has 10 nitrogen and oxygen atoms in total. The summed E-state index contributed by atoms with van der Waals surface area (Å²) in [4.78, 5) is 25.7. The maximum atomic E-state index is 12.3. The van der Waals surface area contributed by atoms with Crippen LogP contribution in [0.15, 0.2) is 48.5 Å². The summed E-state index contributed by atoms with van der Waals surface area (Å²) in [6.07, 6.45) is 0.617. The Kier molecular flexibility index (Phi) is 9.62. The number of hydrogen-bond donors (Lipinski definition) is 5. The van der Waals surface area contributed by atoms with Crippen molar-refractivity contribution >= 4 is 17.5 Å². The second-order valence-electron chi connectivity index (χ2n) is 9.61. The molecule has 2 fully saturated rings. The van der Waals surface area contributed by atoms with E-state index in [0.29, 0.717) is 31.6 Å². The smallest absolute Gasteiger partial charge is 0.243 e. The molecule has 0 radical (unpaired) electrons. The maximum absolute atomic E-state index is 12.3. The molecule has 4 atom stereocenters. The number of aliphatic hydroxyl groups is 2. The van der Waals surface area contributed by atoms with Crippen molar-refractivity contribution < 1.29 is 34.5 Å². The summed E-state index contributed by atoms with van der Waals surface area (Å²) in [5.74, 6) is -0.763. The van der Waals surface area contributed by atoms with Crippen LogP contribution in [-0.4, -0.2) is 64.0 Å². The average molecular weight is 514 g/mol. The number of anilines is 1. The van der Waals surface area contributed by atoms with E-state index in [9.17, 15) is 19.8 Å². The number of aliphatic hydroxyl groups excluding tert-OH is 2. The summed E-state index contributed by atoms with van der Waals surface area (Å²) in [6, 6.07) is 15.0. The molecule has 2 amide bonds. The first-order chi connectivity index (χ1) is 17.9. The van der Waals surface area contributed by atoms with Crippen molar-refractivity contribution in [3.8, 4) is 0 Å². The van der Waals surface area contributed by atoms with E-state index in [1.54, 1.807) is 11.5 Å². The van der Waals surface area contributed by atoms with Gasteiger partial charge in [-0.05, 0) is 36.1 Å². The first kappa shape index (κ1) is 27.2. The second-order valence-corrected chi connectivity index (χ2v) is 9.61. The zero-order valence-electron chi connectivity index (χ0n) is 20.7. The number of hydrogen-bond acceptors (Lipinski definition) is 8. The zero-order valence-corrected chi connectivity index (χ0v) is 20.7. The number of ether oxygens (including phenoxy) is 2. The molecule has 2 aliphatic rings. The van der Waals surface area contributed by atoms with E-state index in [1.807, 2.05) is 42.5 Å². The van der Waals surface area contributed by atoms with Gasteiger partial charge in [0, 0.05) is 50.1 Å². The van der Waals surface area contributed by atoms with E-state index >= 15 is 0 Å². The number of hydroxylamine groups is 1. The van der Waals surface area contributed by atoms with Crippen molar-refractivity contribution in [2.75, 3.05) is 25.0 Å². The van der Waals surface area contributed by atoms with Gasteiger partial charge >= 0.3 is 0 Å². The normalized spacial score (nSPS) is 24.1. The van der Waals surface area contributed by atoms with Crippen molar-refractivity contribution in [1.29, 1.82) is 0 Å². The molecular weight excluding hydrogens is 478 g/mol. The van der Waals surface area contributed by atoms with Crippen LogP contribution in [0.3, 0.4) is 0 Å². The molecule has 0 unspecified atom stereocenters. The third kappa shape index (κ3) is 7.81. The summed E-state index contributed by atoms with van der Waals surface area (Å²) in [6.45, 7) is 2.11. The van der Waals surface area contributed by atoms with Crippen LogP contribution < -0.4 is 10.8 Å². The lowest BCUT2D eigenvalue weighted by Crippen LogP contribution is -2.38. The van der Waals surface area contributed by atoms with E-state index in [0.717, 1.165) is 29.7 Å². The Bertz CT molecular complexity index is 1050. The molecule has 0 saturated carbocycles. The minimum absolute atomic E-state index is 0.0232. The highest BCUT2D eigenvalue weighted by Gasteiger charge is 2.34. The number of nitrogens with zero attached hydrogens (tertiary/aromatic N) is 1. The van der Waals surface area contributed by atoms with E-state index < -0.39 is 12.2 Å². The Morgan fingerprint density at radius 2 is 1.81 bits per heavy atom. The Hall–Kier alpha value is -2.86. The molecule has 200 valence electrons. The van der Waals surface area contributed by atoms with Gasteiger partial charge in [0.05, 0.1) is 24.9 Å². The number of benzene rings is 2. The van der Waals surface area contributed by atoms with Crippen molar-refractivity contribution in [3.63, 3.8) is 0 Å². The first-order valence-electron chi connectivity index (χ1n) is 12.7. The fourth-order valence-corrected chi connectivity index (χ4v) is 4.75. The molecule has 2 saturated heterocycles. The lowest BCUT2D eigenvalue weighted by atomic mass is 9.99. The molecule has 37 heavy (non-hydrogen) atoms. The predicted molar refractivity (Wildman–Crippen MR) is 134 cm³/mol. The van der Waals surface area contributed by atoms with Crippen LogP contribution in [0.1, 0.15) is 61.2 Å². The molecule has 0 aliphatic carbocycles. The topological polar surface area (TPSA) is 141 Å². The lowest BCUT2D eigenvalue weighted by Gasteiger charge is -2.38. The summed E-state index contributed by atoms with van der Waals surface area (Å²) < 4.78 is 12.7. The summed E-state index contributed by atoms with van der Waals surface area (Å²) in [7, 11) is 0. The number of carbonyl (C=O) groups excluding carboxylic acids is 2. The third-order valence-corrected chi connectivity index (χ3v) is 6.70. The standard InChI is InChI=1S/C27H35N3O7/c31-17-18-7-9-19(10-8-18)24-14-23(16-30-12-11-22(32)15-30)36-27(37-24)20-3-1-4-21(13-20)28-25(33)5-2-6-26(34)29-35/h1,3-4,7-10,13,22-24,27,31-32,35H,2,5-6,11-12,14-17H2,(H,28,33)(H,29,34)/t22-,23-,24+,27+/m0/s1. The van der Waals surface area contributed by atoms with Crippen LogP contribution in [0.4, 0.5) is 5.69 Å². The Morgan fingerprint density at radius 1 is 1.03 bits per heavy atom. The average Bonchev–Trinajstić information content (AvgIpc) is 3.32. The quantitative estimate of drug-likeness (QED) is 0.241. The monoisotopic (exact) mass is 513 g/mol. The van der Waals surface area contributed by atoms with E-state index in [2.05, 4.69) is 10.2 Å².